The monoisotopic (exact) mass is 399 g/mol. The van der Waals surface area contributed by atoms with Gasteiger partial charge in [0.1, 0.15) is 0 Å². The van der Waals surface area contributed by atoms with Gasteiger partial charge in [0.15, 0.2) is 4.77 Å². The standard InChI is InChI=1S/C22H29N3O2S/c1-3-8-16(4-2)11-14-25-21(27)18-10-9-17(15-19(18)23-22(25)28)20(26)24-12-6-5-7-13-24/h4,9-10,15H,3,5-8,11-14H2,1-2H3,(H,23,28)/b16-4+. The van der Waals surface area contributed by atoms with Crippen molar-refractivity contribution in [1.29, 1.82) is 0 Å². The Bertz CT molecular complexity index is 997. The van der Waals surface area contributed by atoms with Gasteiger partial charge in [-0.05, 0) is 69.4 Å². The maximum atomic E-state index is 13.0. The highest BCUT2D eigenvalue weighted by atomic mass is 32.1. The summed E-state index contributed by atoms with van der Waals surface area (Å²) in [5, 5.41) is 0.571. The number of nitrogens with zero attached hydrogens (tertiary/aromatic N) is 2. The van der Waals surface area contributed by atoms with Gasteiger partial charge < -0.3 is 9.88 Å². The van der Waals surface area contributed by atoms with Crippen molar-refractivity contribution in [2.75, 3.05) is 13.1 Å². The normalized spacial score (nSPS) is 15.2. The topological polar surface area (TPSA) is 58.1 Å². The predicted octanol–water partition coefficient (Wildman–Crippen LogP) is 4.82. The molecule has 5 nitrogen and oxygen atoms in total. The fourth-order valence-electron chi connectivity index (χ4n) is 3.86. The smallest absolute Gasteiger partial charge is 0.262 e. The Balaban J connectivity index is 1.89. The van der Waals surface area contributed by atoms with Crippen LogP contribution in [0.25, 0.3) is 10.9 Å². The van der Waals surface area contributed by atoms with Crippen LogP contribution < -0.4 is 5.56 Å². The van der Waals surface area contributed by atoms with Crippen molar-refractivity contribution in [1.82, 2.24) is 14.5 Å². The van der Waals surface area contributed by atoms with Gasteiger partial charge in [0, 0.05) is 25.2 Å². The summed E-state index contributed by atoms with van der Waals surface area (Å²) < 4.78 is 2.04. The number of allylic oxidation sites excluding steroid dienone is 2. The van der Waals surface area contributed by atoms with Crippen molar-refractivity contribution < 1.29 is 4.79 Å². The highest BCUT2D eigenvalue weighted by Crippen LogP contribution is 2.17. The second kappa shape index (κ2) is 9.32. The first kappa shape index (κ1) is 20.5. The summed E-state index contributed by atoms with van der Waals surface area (Å²) in [6.45, 7) is 6.37. The van der Waals surface area contributed by atoms with Crippen LogP contribution in [0.5, 0.6) is 0 Å². The van der Waals surface area contributed by atoms with Crippen LogP contribution in [0.3, 0.4) is 0 Å². The fourth-order valence-corrected chi connectivity index (χ4v) is 4.14. The van der Waals surface area contributed by atoms with E-state index in [1.807, 2.05) is 11.8 Å². The molecule has 3 rings (SSSR count). The van der Waals surface area contributed by atoms with Gasteiger partial charge in [-0.2, -0.15) is 0 Å². The Morgan fingerprint density at radius 2 is 1.96 bits per heavy atom. The molecule has 0 unspecified atom stereocenters. The van der Waals surface area contributed by atoms with Gasteiger partial charge in [-0.3, -0.25) is 14.2 Å². The highest BCUT2D eigenvalue weighted by Gasteiger charge is 2.19. The number of H-pyrrole nitrogens is 1. The molecule has 1 aromatic heterocycles. The van der Waals surface area contributed by atoms with Crippen LogP contribution in [0.2, 0.25) is 0 Å². The van der Waals surface area contributed by atoms with E-state index in [1.165, 1.54) is 12.0 Å². The van der Waals surface area contributed by atoms with Crippen molar-refractivity contribution in [2.24, 2.45) is 0 Å². The number of benzene rings is 1. The zero-order valence-electron chi connectivity index (χ0n) is 16.8. The zero-order chi connectivity index (χ0) is 20.1. The first-order valence-electron chi connectivity index (χ1n) is 10.3. The molecule has 1 aliphatic rings. The molecule has 1 N–H and O–H groups in total. The van der Waals surface area contributed by atoms with Crippen LogP contribution >= 0.6 is 12.2 Å². The van der Waals surface area contributed by atoms with Gasteiger partial charge in [-0.25, -0.2) is 0 Å². The average molecular weight is 400 g/mol. The molecule has 1 fully saturated rings. The van der Waals surface area contributed by atoms with Crippen molar-refractivity contribution in [2.45, 2.75) is 58.9 Å². The van der Waals surface area contributed by atoms with E-state index in [0.717, 1.165) is 45.2 Å². The van der Waals surface area contributed by atoms with Crippen LogP contribution in [-0.4, -0.2) is 33.4 Å². The second-order valence-electron chi connectivity index (χ2n) is 7.45. The Hall–Kier alpha value is -2.21. The Labute approximate surface area is 171 Å². The predicted molar refractivity (Wildman–Crippen MR) is 116 cm³/mol. The van der Waals surface area contributed by atoms with Gasteiger partial charge in [0.05, 0.1) is 10.9 Å². The van der Waals surface area contributed by atoms with Crippen LogP contribution in [0.15, 0.2) is 34.6 Å². The lowest BCUT2D eigenvalue weighted by Crippen LogP contribution is -2.35. The van der Waals surface area contributed by atoms with Crippen LogP contribution in [0, 0.1) is 4.77 Å². The van der Waals surface area contributed by atoms with E-state index < -0.39 is 0 Å². The first-order valence-corrected chi connectivity index (χ1v) is 10.7. The number of fused-ring (bicyclic) bond motifs is 1. The summed E-state index contributed by atoms with van der Waals surface area (Å²) >= 11 is 5.45. The number of aromatic amines is 1. The number of likely N-dealkylation sites (tertiary alicyclic amines) is 1. The van der Waals surface area contributed by atoms with Gasteiger partial charge in [-0.15, -0.1) is 0 Å². The lowest BCUT2D eigenvalue weighted by Gasteiger charge is -2.26. The van der Waals surface area contributed by atoms with E-state index >= 15 is 0 Å². The molecule has 0 bridgehead atoms. The van der Waals surface area contributed by atoms with E-state index in [4.69, 9.17) is 12.2 Å². The molecule has 1 aliphatic heterocycles. The van der Waals surface area contributed by atoms with Gasteiger partial charge >= 0.3 is 0 Å². The number of piperidine rings is 1. The number of aromatic nitrogens is 2. The summed E-state index contributed by atoms with van der Waals surface area (Å²) in [6, 6.07) is 5.28. The van der Waals surface area contributed by atoms with Gasteiger partial charge in [0.2, 0.25) is 0 Å². The average Bonchev–Trinajstić information content (AvgIpc) is 2.72. The fraction of sp³-hybridized carbons (Fsp3) is 0.500. The van der Waals surface area contributed by atoms with Gasteiger partial charge in [-0.1, -0.05) is 25.0 Å². The Kier molecular flexibility index (Phi) is 6.83. The van der Waals surface area contributed by atoms with Crippen molar-refractivity contribution >= 4 is 29.0 Å². The summed E-state index contributed by atoms with van der Waals surface area (Å²) in [6.07, 6.45) is 8.36. The van der Waals surface area contributed by atoms with E-state index in [1.54, 1.807) is 22.8 Å². The molecule has 6 heteroatoms. The Morgan fingerprint density at radius 3 is 2.64 bits per heavy atom. The van der Waals surface area contributed by atoms with E-state index in [2.05, 4.69) is 18.0 Å². The summed E-state index contributed by atoms with van der Waals surface area (Å²) in [5.74, 6) is 0.0300. The van der Waals surface area contributed by atoms with E-state index in [-0.39, 0.29) is 11.5 Å². The number of carbonyl (C=O) groups is 1. The number of amides is 1. The molecular formula is C22H29N3O2S. The van der Waals surface area contributed by atoms with Crippen molar-refractivity contribution in [3.63, 3.8) is 0 Å². The molecule has 0 aliphatic carbocycles. The number of carbonyl (C=O) groups excluding carboxylic acids is 1. The first-order chi connectivity index (χ1) is 13.5. The number of hydrogen-bond donors (Lipinski definition) is 1. The second-order valence-corrected chi connectivity index (χ2v) is 7.83. The lowest BCUT2D eigenvalue weighted by molar-refractivity contribution is 0.0724. The molecule has 0 saturated carbocycles. The molecule has 2 aromatic rings. The third kappa shape index (κ3) is 4.43. The molecule has 1 saturated heterocycles. The minimum atomic E-state index is -0.0947. The number of nitrogens with one attached hydrogen (secondary N) is 1. The minimum Gasteiger partial charge on any atom is -0.339 e. The quantitative estimate of drug-likeness (QED) is 0.559. The molecule has 150 valence electrons. The van der Waals surface area contributed by atoms with E-state index in [9.17, 15) is 9.59 Å². The van der Waals surface area contributed by atoms with Gasteiger partial charge in [0.25, 0.3) is 11.5 Å². The molecule has 0 atom stereocenters. The molecule has 2 heterocycles. The molecule has 28 heavy (non-hydrogen) atoms. The van der Waals surface area contributed by atoms with Crippen LogP contribution in [0.4, 0.5) is 0 Å². The summed E-state index contributed by atoms with van der Waals surface area (Å²) in [4.78, 5) is 30.8. The minimum absolute atomic E-state index is 0.0300. The molecular weight excluding hydrogens is 370 g/mol. The molecule has 1 aromatic carbocycles. The maximum absolute atomic E-state index is 13.0. The summed E-state index contributed by atoms with van der Waals surface area (Å²) in [5.41, 5.74) is 2.49. The number of rotatable bonds is 6. The third-order valence-corrected chi connectivity index (χ3v) is 5.83. The van der Waals surface area contributed by atoms with Crippen molar-refractivity contribution in [3.05, 3.63) is 50.5 Å². The van der Waals surface area contributed by atoms with Crippen LogP contribution in [-0.2, 0) is 6.54 Å². The number of hydrogen-bond acceptors (Lipinski definition) is 3. The highest BCUT2D eigenvalue weighted by molar-refractivity contribution is 7.71. The summed E-state index contributed by atoms with van der Waals surface area (Å²) in [7, 11) is 0. The SMILES string of the molecule is C/C=C(\CCC)CCn1c(=S)[nH]c2cc(C(=O)N3CCCCC3)ccc2c1=O. The van der Waals surface area contributed by atoms with Crippen LogP contribution in [0.1, 0.15) is 62.7 Å². The zero-order valence-corrected chi connectivity index (χ0v) is 17.6. The molecule has 0 spiro atoms. The largest absolute Gasteiger partial charge is 0.339 e. The van der Waals surface area contributed by atoms with E-state index in [0.29, 0.717) is 27.8 Å². The van der Waals surface area contributed by atoms with Crippen molar-refractivity contribution in [3.8, 4) is 0 Å². The third-order valence-electron chi connectivity index (χ3n) is 5.51. The molecule has 1 amide bonds. The maximum Gasteiger partial charge on any atom is 0.262 e. The lowest BCUT2D eigenvalue weighted by atomic mass is 10.1. The Morgan fingerprint density at radius 1 is 1.21 bits per heavy atom. The molecule has 0 radical (unpaired) electrons.